The van der Waals surface area contributed by atoms with Gasteiger partial charge in [0.15, 0.2) is 0 Å². The van der Waals surface area contributed by atoms with Crippen LogP contribution < -0.4 is 10.5 Å². The monoisotopic (exact) mass is 333 g/mol. The minimum Gasteiger partial charge on any atom is -0.492 e. The highest BCUT2D eigenvalue weighted by molar-refractivity contribution is 9.10. The van der Waals surface area contributed by atoms with E-state index >= 15 is 0 Å². The summed E-state index contributed by atoms with van der Waals surface area (Å²) in [5.74, 6) is 0.748. The van der Waals surface area contributed by atoms with Crippen molar-refractivity contribution in [3.63, 3.8) is 0 Å². The van der Waals surface area contributed by atoms with Crippen molar-refractivity contribution in [2.75, 3.05) is 13.2 Å². The first kappa shape index (κ1) is 15.8. The second kappa shape index (κ2) is 7.37. The van der Waals surface area contributed by atoms with Gasteiger partial charge in [-0.2, -0.15) is 0 Å². The lowest BCUT2D eigenvalue weighted by atomic mass is 9.87. The van der Waals surface area contributed by atoms with Gasteiger partial charge in [-0.25, -0.2) is 0 Å². The van der Waals surface area contributed by atoms with Gasteiger partial charge in [-0.1, -0.05) is 41.4 Å². The van der Waals surface area contributed by atoms with Crippen molar-refractivity contribution in [1.29, 1.82) is 0 Å². The summed E-state index contributed by atoms with van der Waals surface area (Å²) in [7, 11) is 0. The Balaban J connectivity index is 2.26. The highest BCUT2D eigenvalue weighted by Crippen LogP contribution is 2.28. The van der Waals surface area contributed by atoms with Gasteiger partial charge in [-0.15, -0.1) is 0 Å². The normalized spacial score (nSPS) is 11.6. The average Bonchev–Trinajstić information content (AvgIpc) is 2.31. The number of unbranched alkanes of at least 4 members (excludes halogenated alkanes) is 1. The Morgan fingerprint density at radius 3 is 2.67 bits per heavy atom. The Hall–Kier alpha value is -0.250. The molecule has 2 N–H and O–H groups in total. The van der Waals surface area contributed by atoms with Gasteiger partial charge >= 0.3 is 0 Å². The lowest BCUT2D eigenvalue weighted by Crippen LogP contribution is -2.23. The maximum atomic E-state index is 6.07. The minimum atomic E-state index is 0.231. The number of halogens is 2. The fourth-order valence-electron chi connectivity index (χ4n) is 1.58. The molecule has 0 spiro atoms. The van der Waals surface area contributed by atoms with Crippen molar-refractivity contribution >= 4 is 27.5 Å². The van der Waals surface area contributed by atoms with Crippen molar-refractivity contribution in [1.82, 2.24) is 0 Å². The van der Waals surface area contributed by atoms with Crippen LogP contribution >= 0.6 is 27.5 Å². The number of benzene rings is 1. The Morgan fingerprint density at radius 1 is 1.33 bits per heavy atom. The van der Waals surface area contributed by atoms with Crippen LogP contribution in [0.1, 0.15) is 33.1 Å². The Labute approximate surface area is 123 Å². The molecule has 0 saturated heterocycles. The SMILES string of the molecule is CC(C)(CN)CCCCOc1ccc(Br)cc1Cl. The van der Waals surface area contributed by atoms with Gasteiger partial charge in [0, 0.05) is 4.47 Å². The first-order chi connectivity index (χ1) is 8.44. The summed E-state index contributed by atoms with van der Waals surface area (Å²) in [5.41, 5.74) is 5.92. The Bertz CT molecular complexity index is 382. The van der Waals surface area contributed by atoms with Crippen molar-refractivity contribution in [2.24, 2.45) is 11.1 Å². The summed E-state index contributed by atoms with van der Waals surface area (Å²) >= 11 is 9.43. The molecule has 0 atom stereocenters. The van der Waals surface area contributed by atoms with Gasteiger partial charge in [-0.05, 0) is 49.4 Å². The van der Waals surface area contributed by atoms with Gasteiger partial charge < -0.3 is 10.5 Å². The van der Waals surface area contributed by atoms with E-state index < -0.39 is 0 Å². The van der Waals surface area contributed by atoms with E-state index in [-0.39, 0.29) is 5.41 Å². The molecule has 0 unspecified atom stereocenters. The number of hydrogen-bond acceptors (Lipinski definition) is 2. The van der Waals surface area contributed by atoms with Crippen LogP contribution in [0.15, 0.2) is 22.7 Å². The maximum Gasteiger partial charge on any atom is 0.137 e. The second-order valence-electron chi connectivity index (χ2n) is 5.25. The van der Waals surface area contributed by atoms with Gasteiger partial charge in [0.25, 0.3) is 0 Å². The molecule has 2 nitrogen and oxygen atoms in total. The summed E-state index contributed by atoms with van der Waals surface area (Å²) in [5, 5.41) is 0.645. The largest absolute Gasteiger partial charge is 0.492 e. The Kier molecular flexibility index (Phi) is 6.47. The van der Waals surface area contributed by atoms with E-state index in [1.165, 1.54) is 0 Å². The maximum absolute atomic E-state index is 6.07. The lowest BCUT2D eigenvalue weighted by Gasteiger charge is -2.21. The van der Waals surface area contributed by atoms with Crippen LogP contribution in [-0.2, 0) is 0 Å². The molecule has 1 aromatic rings. The van der Waals surface area contributed by atoms with Crippen molar-refractivity contribution in [2.45, 2.75) is 33.1 Å². The zero-order valence-electron chi connectivity index (χ0n) is 11.0. The molecule has 0 aliphatic heterocycles. The van der Waals surface area contributed by atoms with Crippen LogP contribution in [0.25, 0.3) is 0 Å². The topological polar surface area (TPSA) is 35.2 Å². The first-order valence-corrected chi connectivity index (χ1v) is 7.40. The molecule has 18 heavy (non-hydrogen) atoms. The molecule has 0 saturated carbocycles. The zero-order chi connectivity index (χ0) is 13.6. The van der Waals surface area contributed by atoms with E-state index in [0.717, 1.165) is 36.0 Å². The summed E-state index contributed by atoms with van der Waals surface area (Å²) in [6.07, 6.45) is 3.27. The first-order valence-electron chi connectivity index (χ1n) is 6.22. The van der Waals surface area contributed by atoms with Crippen molar-refractivity contribution < 1.29 is 4.74 Å². The summed E-state index contributed by atoms with van der Waals surface area (Å²) in [4.78, 5) is 0. The van der Waals surface area contributed by atoms with E-state index in [1.54, 1.807) is 0 Å². The predicted octanol–water partition coefficient (Wildman–Crippen LogP) is 4.64. The highest BCUT2D eigenvalue weighted by atomic mass is 79.9. The van der Waals surface area contributed by atoms with E-state index in [9.17, 15) is 0 Å². The molecule has 1 rings (SSSR count). The van der Waals surface area contributed by atoms with Crippen LogP contribution in [0.3, 0.4) is 0 Å². The predicted molar refractivity (Wildman–Crippen MR) is 81.3 cm³/mol. The molecule has 0 aliphatic carbocycles. The number of ether oxygens (including phenoxy) is 1. The van der Waals surface area contributed by atoms with Gasteiger partial charge in [0.05, 0.1) is 11.6 Å². The van der Waals surface area contributed by atoms with Gasteiger partial charge in [0.1, 0.15) is 5.75 Å². The van der Waals surface area contributed by atoms with E-state index in [1.807, 2.05) is 18.2 Å². The Morgan fingerprint density at radius 2 is 2.06 bits per heavy atom. The second-order valence-corrected chi connectivity index (χ2v) is 6.57. The fourth-order valence-corrected chi connectivity index (χ4v) is 2.31. The molecule has 4 heteroatoms. The van der Waals surface area contributed by atoms with E-state index in [2.05, 4.69) is 29.8 Å². The molecular formula is C14H21BrClNO. The number of nitrogens with two attached hydrogens (primary N) is 1. The molecule has 0 heterocycles. The van der Waals surface area contributed by atoms with E-state index in [4.69, 9.17) is 22.1 Å². The third kappa shape index (κ3) is 5.59. The molecule has 0 aliphatic rings. The van der Waals surface area contributed by atoms with Crippen LogP contribution in [0.4, 0.5) is 0 Å². The molecule has 102 valence electrons. The molecular weight excluding hydrogens is 314 g/mol. The number of rotatable bonds is 7. The minimum absolute atomic E-state index is 0.231. The third-order valence-corrected chi connectivity index (χ3v) is 3.74. The quantitative estimate of drug-likeness (QED) is 0.737. The molecule has 0 radical (unpaired) electrons. The summed E-state index contributed by atoms with van der Waals surface area (Å²) < 4.78 is 6.62. The molecule has 0 fully saturated rings. The van der Waals surface area contributed by atoms with Gasteiger partial charge in [0.2, 0.25) is 0 Å². The summed E-state index contributed by atoms with van der Waals surface area (Å²) in [6, 6.07) is 5.66. The van der Waals surface area contributed by atoms with Crippen LogP contribution in [0.5, 0.6) is 5.75 Å². The average molecular weight is 335 g/mol. The molecule has 0 bridgehead atoms. The molecule has 1 aromatic carbocycles. The lowest BCUT2D eigenvalue weighted by molar-refractivity contribution is 0.279. The molecule has 0 amide bonds. The standard InChI is InChI=1S/C14H21BrClNO/c1-14(2,10-17)7-3-4-8-18-13-6-5-11(15)9-12(13)16/h5-6,9H,3-4,7-8,10,17H2,1-2H3. The van der Waals surface area contributed by atoms with Gasteiger partial charge in [-0.3, -0.25) is 0 Å². The smallest absolute Gasteiger partial charge is 0.137 e. The van der Waals surface area contributed by atoms with Crippen LogP contribution in [0, 0.1) is 5.41 Å². The van der Waals surface area contributed by atoms with Crippen LogP contribution in [0.2, 0.25) is 5.02 Å². The fraction of sp³-hybridized carbons (Fsp3) is 0.571. The number of hydrogen-bond donors (Lipinski definition) is 1. The zero-order valence-corrected chi connectivity index (χ0v) is 13.4. The third-order valence-electron chi connectivity index (χ3n) is 2.95. The summed E-state index contributed by atoms with van der Waals surface area (Å²) in [6.45, 7) is 5.81. The highest BCUT2D eigenvalue weighted by Gasteiger charge is 2.14. The molecule has 0 aromatic heterocycles. The van der Waals surface area contributed by atoms with Crippen molar-refractivity contribution in [3.05, 3.63) is 27.7 Å². The van der Waals surface area contributed by atoms with E-state index in [0.29, 0.717) is 11.6 Å². The van der Waals surface area contributed by atoms with Crippen molar-refractivity contribution in [3.8, 4) is 5.75 Å². The van der Waals surface area contributed by atoms with Crippen LogP contribution in [-0.4, -0.2) is 13.2 Å².